The van der Waals surface area contributed by atoms with Crippen molar-refractivity contribution in [1.82, 2.24) is 4.72 Å². The normalized spacial score (nSPS) is 11.3. The molecule has 112 valence electrons. The van der Waals surface area contributed by atoms with Crippen LogP contribution in [0.4, 0.5) is 0 Å². The third kappa shape index (κ3) is 3.81. The minimum atomic E-state index is -3.73. The molecule has 0 aliphatic carbocycles. The zero-order chi connectivity index (χ0) is 15.5. The van der Waals surface area contributed by atoms with Crippen molar-refractivity contribution in [3.05, 3.63) is 46.8 Å². The Morgan fingerprint density at radius 3 is 2.76 bits per heavy atom. The number of thiophene rings is 1. The highest BCUT2D eigenvalue weighted by atomic mass is 32.2. The molecule has 21 heavy (non-hydrogen) atoms. The number of carboxylic acids is 1. The molecule has 0 atom stereocenters. The molecule has 0 unspecified atom stereocenters. The lowest BCUT2D eigenvalue weighted by Crippen LogP contribution is -2.22. The van der Waals surface area contributed by atoms with E-state index in [4.69, 9.17) is 9.84 Å². The largest absolute Gasteiger partial charge is 0.497 e. The van der Waals surface area contributed by atoms with Gasteiger partial charge in [-0.2, -0.15) is 0 Å². The number of ether oxygens (including phenoxy) is 1. The average molecular weight is 327 g/mol. The third-order valence-electron chi connectivity index (χ3n) is 2.69. The van der Waals surface area contributed by atoms with Crippen LogP contribution in [-0.2, 0) is 16.6 Å². The number of nitrogens with one attached hydrogen (secondary N) is 1. The predicted molar refractivity (Wildman–Crippen MR) is 78.3 cm³/mol. The fraction of sp³-hybridized carbons (Fsp3) is 0.154. The van der Waals surface area contributed by atoms with Gasteiger partial charge in [-0.1, -0.05) is 12.1 Å². The zero-order valence-electron chi connectivity index (χ0n) is 11.1. The molecule has 0 aliphatic rings. The van der Waals surface area contributed by atoms with Crippen molar-refractivity contribution >= 4 is 27.3 Å². The first-order valence-electron chi connectivity index (χ1n) is 5.87. The maximum atomic E-state index is 12.1. The first-order valence-corrected chi connectivity index (χ1v) is 8.23. The van der Waals surface area contributed by atoms with E-state index in [1.165, 1.54) is 12.5 Å². The van der Waals surface area contributed by atoms with Crippen LogP contribution in [0.2, 0.25) is 0 Å². The number of aromatic carboxylic acids is 1. The Balaban J connectivity index is 2.11. The monoisotopic (exact) mass is 327 g/mol. The van der Waals surface area contributed by atoms with Gasteiger partial charge < -0.3 is 9.84 Å². The van der Waals surface area contributed by atoms with Gasteiger partial charge in [0.25, 0.3) is 0 Å². The fourth-order valence-electron chi connectivity index (χ4n) is 1.60. The Hall–Kier alpha value is -1.90. The third-order valence-corrected chi connectivity index (χ3v) is 5.53. The predicted octanol–water partition coefficient (Wildman–Crippen LogP) is 1.93. The van der Waals surface area contributed by atoms with Gasteiger partial charge in [0, 0.05) is 11.9 Å². The maximum Gasteiger partial charge on any atom is 0.336 e. The number of sulfonamides is 1. The van der Waals surface area contributed by atoms with E-state index in [1.807, 2.05) is 0 Å². The minimum absolute atomic E-state index is 0.0252. The van der Waals surface area contributed by atoms with Crippen molar-refractivity contribution in [3.63, 3.8) is 0 Å². The Bertz CT molecular complexity index is 751. The van der Waals surface area contributed by atoms with Gasteiger partial charge in [0.1, 0.15) is 9.96 Å². The van der Waals surface area contributed by atoms with Crippen molar-refractivity contribution in [2.45, 2.75) is 10.8 Å². The van der Waals surface area contributed by atoms with Gasteiger partial charge in [0.2, 0.25) is 10.0 Å². The highest BCUT2D eigenvalue weighted by molar-refractivity contribution is 7.91. The quantitative estimate of drug-likeness (QED) is 0.846. The molecule has 1 aromatic heterocycles. The summed E-state index contributed by atoms with van der Waals surface area (Å²) in [5, 5.41) is 10.1. The summed E-state index contributed by atoms with van der Waals surface area (Å²) < 4.78 is 31.6. The topological polar surface area (TPSA) is 92.7 Å². The summed E-state index contributed by atoms with van der Waals surface area (Å²) in [6.45, 7) is 0.0971. The molecule has 0 bridgehead atoms. The van der Waals surface area contributed by atoms with Crippen LogP contribution in [0.5, 0.6) is 5.75 Å². The number of hydrogen-bond donors (Lipinski definition) is 2. The van der Waals surface area contributed by atoms with Crippen LogP contribution in [0.1, 0.15) is 15.9 Å². The molecule has 1 aromatic carbocycles. The van der Waals surface area contributed by atoms with Crippen LogP contribution in [0.3, 0.4) is 0 Å². The molecule has 0 saturated carbocycles. The van der Waals surface area contributed by atoms with E-state index >= 15 is 0 Å². The molecular formula is C13H13NO5S2. The van der Waals surface area contributed by atoms with Gasteiger partial charge in [-0.25, -0.2) is 17.9 Å². The molecule has 0 radical (unpaired) electrons. The summed E-state index contributed by atoms with van der Waals surface area (Å²) in [5.74, 6) is -0.517. The van der Waals surface area contributed by atoms with E-state index in [2.05, 4.69) is 4.72 Å². The Morgan fingerprint density at radius 2 is 2.14 bits per heavy atom. The van der Waals surface area contributed by atoms with E-state index in [0.717, 1.165) is 23.0 Å². The summed E-state index contributed by atoms with van der Waals surface area (Å²) in [6, 6.07) is 8.15. The summed E-state index contributed by atoms with van der Waals surface area (Å²) in [4.78, 5) is 10.8. The standard InChI is InChI=1S/C13H13NO5S2/c1-19-11-4-2-3-9(5-11)7-14-21(17,18)12-6-10(8-20-12)13(15)16/h2-6,8,14H,7H2,1H3,(H,15,16). The second-order valence-corrected chi connectivity index (χ2v) is 7.04. The molecular weight excluding hydrogens is 314 g/mol. The van der Waals surface area contributed by atoms with E-state index < -0.39 is 16.0 Å². The highest BCUT2D eigenvalue weighted by Gasteiger charge is 2.18. The van der Waals surface area contributed by atoms with Crippen LogP contribution in [-0.4, -0.2) is 26.6 Å². The fourth-order valence-corrected chi connectivity index (χ4v) is 3.82. The Kier molecular flexibility index (Phi) is 4.61. The molecule has 0 aliphatic heterocycles. The lowest BCUT2D eigenvalue weighted by Gasteiger charge is -2.06. The lowest BCUT2D eigenvalue weighted by molar-refractivity contribution is 0.0697. The van der Waals surface area contributed by atoms with Crippen LogP contribution in [0, 0.1) is 0 Å². The summed E-state index contributed by atoms with van der Waals surface area (Å²) in [7, 11) is -2.20. The number of carboxylic acid groups (broad SMARTS) is 1. The van der Waals surface area contributed by atoms with Crippen molar-refractivity contribution in [1.29, 1.82) is 0 Å². The van der Waals surface area contributed by atoms with Crippen LogP contribution < -0.4 is 9.46 Å². The molecule has 1 heterocycles. The minimum Gasteiger partial charge on any atom is -0.497 e. The first-order chi connectivity index (χ1) is 9.92. The number of hydrogen-bond acceptors (Lipinski definition) is 5. The molecule has 2 N–H and O–H groups in total. The second-order valence-electron chi connectivity index (χ2n) is 4.14. The van der Waals surface area contributed by atoms with Crippen molar-refractivity contribution in [2.75, 3.05) is 7.11 Å². The van der Waals surface area contributed by atoms with E-state index in [9.17, 15) is 13.2 Å². The number of benzene rings is 1. The summed E-state index contributed by atoms with van der Waals surface area (Å²) in [6.07, 6.45) is 0. The molecule has 0 saturated heterocycles. The zero-order valence-corrected chi connectivity index (χ0v) is 12.7. The van der Waals surface area contributed by atoms with Gasteiger partial charge in [-0.05, 0) is 23.8 Å². The molecule has 0 amide bonds. The van der Waals surface area contributed by atoms with E-state index in [1.54, 1.807) is 24.3 Å². The van der Waals surface area contributed by atoms with E-state index in [-0.39, 0.29) is 16.3 Å². The average Bonchev–Trinajstić information content (AvgIpc) is 2.96. The Labute approximate surface area is 126 Å². The number of methoxy groups -OCH3 is 1. The smallest absolute Gasteiger partial charge is 0.336 e. The molecule has 2 rings (SSSR count). The van der Waals surface area contributed by atoms with Crippen LogP contribution in [0.15, 0.2) is 39.9 Å². The van der Waals surface area contributed by atoms with Gasteiger partial charge in [-0.3, -0.25) is 0 Å². The first kappa shape index (κ1) is 15.5. The summed E-state index contributed by atoms with van der Waals surface area (Å²) >= 11 is 0.872. The lowest BCUT2D eigenvalue weighted by atomic mass is 10.2. The molecule has 2 aromatic rings. The van der Waals surface area contributed by atoms with E-state index in [0.29, 0.717) is 5.75 Å². The Morgan fingerprint density at radius 1 is 1.38 bits per heavy atom. The SMILES string of the molecule is COc1cccc(CNS(=O)(=O)c2cc(C(=O)O)cs2)c1. The second kappa shape index (κ2) is 6.25. The molecule has 6 nitrogen and oxygen atoms in total. The number of rotatable bonds is 6. The molecule has 0 spiro atoms. The van der Waals surface area contributed by atoms with Gasteiger partial charge >= 0.3 is 5.97 Å². The highest BCUT2D eigenvalue weighted by Crippen LogP contribution is 2.20. The van der Waals surface area contributed by atoms with Gasteiger partial charge in [0.15, 0.2) is 0 Å². The van der Waals surface area contributed by atoms with Crippen molar-refractivity contribution in [3.8, 4) is 5.75 Å². The molecule has 0 fully saturated rings. The van der Waals surface area contributed by atoms with Crippen molar-refractivity contribution < 1.29 is 23.1 Å². The summed E-state index contributed by atoms with van der Waals surface area (Å²) in [5.41, 5.74) is 0.703. The van der Waals surface area contributed by atoms with Gasteiger partial charge in [-0.15, -0.1) is 11.3 Å². The molecule has 8 heteroatoms. The van der Waals surface area contributed by atoms with Gasteiger partial charge in [0.05, 0.1) is 12.7 Å². The number of carbonyl (C=O) groups is 1. The maximum absolute atomic E-state index is 12.1. The van der Waals surface area contributed by atoms with Crippen LogP contribution in [0.25, 0.3) is 0 Å². The van der Waals surface area contributed by atoms with Crippen molar-refractivity contribution in [2.24, 2.45) is 0 Å². The van der Waals surface area contributed by atoms with Crippen LogP contribution >= 0.6 is 11.3 Å².